The fraction of sp³-hybridized carbons (Fsp3) is 0.370. The van der Waals surface area contributed by atoms with Crippen LogP contribution in [0.5, 0.6) is 0 Å². The molecule has 3 heterocycles. The van der Waals surface area contributed by atoms with Gasteiger partial charge in [-0.05, 0) is 17.7 Å². The Hall–Kier alpha value is -2.52. The van der Waals surface area contributed by atoms with Crippen molar-refractivity contribution in [3.05, 3.63) is 76.4 Å². The highest BCUT2D eigenvalue weighted by molar-refractivity contribution is 7.99. The highest BCUT2D eigenvalue weighted by Gasteiger charge is 2.23. The zero-order valence-corrected chi connectivity index (χ0v) is 22.9. The van der Waals surface area contributed by atoms with Crippen LogP contribution in [-0.4, -0.2) is 83.8 Å². The number of piperazine rings is 2. The Morgan fingerprint density at radius 3 is 2.22 bits per heavy atom. The van der Waals surface area contributed by atoms with Crippen molar-refractivity contribution < 1.29 is 4.79 Å². The summed E-state index contributed by atoms with van der Waals surface area (Å²) in [4.78, 5) is 30.8. The molecule has 194 valence electrons. The minimum absolute atomic E-state index is 0.114. The second-order valence-corrected chi connectivity index (χ2v) is 10.9. The molecule has 0 radical (unpaired) electrons. The number of aromatic nitrogens is 2. The van der Waals surface area contributed by atoms with Gasteiger partial charge in [0.1, 0.15) is 11.0 Å². The van der Waals surface area contributed by atoms with Gasteiger partial charge in [-0.3, -0.25) is 9.69 Å². The Bertz CT molecular complexity index is 1200. The summed E-state index contributed by atoms with van der Waals surface area (Å²) in [6.45, 7) is 7.43. The summed E-state index contributed by atoms with van der Waals surface area (Å²) < 4.78 is 0. The molecule has 0 atom stereocenters. The molecule has 0 bridgehead atoms. The molecule has 0 saturated carbocycles. The van der Waals surface area contributed by atoms with Crippen molar-refractivity contribution in [3.63, 3.8) is 0 Å². The zero-order chi connectivity index (χ0) is 25.6. The molecule has 1 amide bonds. The second-order valence-electron chi connectivity index (χ2n) is 9.19. The molecule has 2 aliphatic rings. The molecule has 5 rings (SSSR count). The number of hydrogen-bond acceptors (Lipinski definition) is 7. The van der Waals surface area contributed by atoms with Gasteiger partial charge in [0.15, 0.2) is 5.16 Å². The minimum atomic E-state index is 0.114. The average Bonchev–Trinajstić information content (AvgIpc) is 2.93. The summed E-state index contributed by atoms with van der Waals surface area (Å²) in [7, 11) is 0. The van der Waals surface area contributed by atoms with Crippen molar-refractivity contribution >= 4 is 52.4 Å². The molecule has 2 aliphatic heterocycles. The molecule has 1 aromatic heterocycles. The highest BCUT2D eigenvalue weighted by Crippen LogP contribution is 2.28. The molecular formula is C27H30Cl2N6OS. The zero-order valence-electron chi connectivity index (χ0n) is 20.6. The first kappa shape index (κ1) is 26.1. The van der Waals surface area contributed by atoms with Gasteiger partial charge < -0.3 is 14.7 Å². The smallest absolute Gasteiger partial charge is 0.233 e. The number of hydrogen-bond donors (Lipinski definition) is 0. The third kappa shape index (κ3) is 6.87. The van der Waals surface area contributed by atoms with Crippen LogP contribution in [0.2, 0.25) is 10.2 Å². The van der Waals surface area contributed by atoms with Crippen molar-refractivity contribution in [1.29, 1.82) is 0 Å². The van der Waals surface area contributed by atoms with Crippen molar-refractivity contribution in [2.45, 2.75) is 11.7 Å². The maximum atomic E-state index is 12.9. The van der Waals surface area contributed by atoms with Gasteiger partial charge in [-0.25, -0.2) is 9.97 Å². The van der Waals surface area contributed by atoms with Crippen molar-refractivity contribution in [1.82, 2.24) is 19.8 Å². The molecule has 0 N–H and O–H groups in total. The number of rotatable bonds is 7. The fourth-order valence-corrected chi connectivity index (χ4v) is 5.95. The molecule has 10 heteroatoms. The number of carbonyl (C=O) groups is 1. The number of anilines is 2. The lowest BCUT2D eigenvalue weighted by Gasteiger charge is -2.37. The third-order valence-corrected chi connectivity index (χ3v) is 8.10. The molecule has 37 heavy (non-hydrogen) atoms. The van der Waals surface area contributed by atoms with Gasteiger partial charge in [0.2, 0.25) is 5.91 Å². The van der Waals surface area contributed by atoms with Crippen LogP contribution in [0, 0.1) is 0 Å². The first-order valence-electron chi connectivity index (χ1n) is 12.5. The van der Waals surface area contributed by atoms with E-state index in [1.165, 1.54) is 17.3 Å². The summed E-state index contributed by atoms with van der Waals surface area (Å²) in [6, 6.07) is 20.2. The molecule has 2 fully saturated rings. The summed E-state index contributed by atoms with van der Waals surface area (Å²) >= 11 is 14.1. The van der Waals surface area contributed by atoms with E-state index in [4.69, 9.17) is 28.2 Å². The fourth-order valence-electron chi connectivity index (χ4n) is 4.71. The van der Waals surface area contributed by atoms with Gasteiger partial charge in [0.25, 0.3) is 0 Å². The van der Waals surface area contributed by atoms with Crippen LogP contribution in [0.15, 0.2) is 65.8 Å². The van der Waals surface area contributed by atoms with Crippen LogP contribution in [0.25, 0.3) is 0 Å². The van der Waals surface area contributed by atoms with Crippen LogP contribution in [-0.2, 0) is 11.3 Å². The Labute approximate surface area is 232 Å². The lowest BCUT2D eigenvalue weighted by atomic mass is 10.2. The highest BCUT2D eigenvalue weighted by atomic mass is 35.5. The quantitative estimate of drug-likeness (QED) is 0.240. The summed E-state index contributed by atoms with van der Waals surface area (Å²) in [6.07, 6.45) is 0. The second kappa shape index (κ2) is 12.3. The average molecular weight is 558 g/mol. The van der Waals surface area contributed by atoms with Crippen LogP contribution in [0.1, 0.15) is 5.56 Å². The Morgan fingerprint density at radius 2 is 1.49 bits per heavy atom. The topological polar surface area (TPSA) is 55.8 Å². The molecule has 0 aliphatic carbocycles. The van der Waals surface area contributed by atoms with Crippen LogP contribution in [0.3, 0.4) is 0 Å². The van der Waals surface area contributed by atoms with Gasteiger partial charge in [0, 0.05) is 65.0 Å². The first-order valence-corrected chi connectivity index (χ1v) is 14.3. The standard InChI is InChI=1S/C27H30Cl2N6OS/c28-22-8-4-5-9-23(22)33-14-16-34(17-15-33)25-18-24(29)30-27(31-25)37-20-26(36)35-12-10-32(11-13-35)19-21-6-2-1-3-7-21/h1-9,18H,10-17,19-20H2. The Kier molecular flexibility index (Phi) is 8.71. The van der Waals surface area contributed by atoms with Gasteiger partial charge in [-0.1, -0.05) is 77.4 Å². The van der Waals surface area contributed by atoms with E-state index in [1.54, 1.807) is 6.07 Å². The van der Waals surface area contributed by atoms with Crippen LogP contribution in [0.4, 0.5) is 11.5 Å². The normalized spacial score (nSPS) is 16.8. The molecule has 2 saturated heterocycles. The van der Waals surface area contributed by atoms with Gasteiger partial charge in [-0.2, -0.15) is 0 Å². The lowest BCUT2D eigenvalue weighted by Crippen LogP contribution is -2.48. The number of benzene rings is 2. The van der Waals surface area contributed by atoms with Crippen molar-refractivity contribution in [3.8, 4) is 0 Å². The Morgan fingerprint density at radius 1 is 0.811 bits per heavy atom. The predicted octanol–water partition coefficient (Wildman–Crippen LogP) is 4.55. The summed E-state index contributed by atoms with van der Waals surface area (Å²) in [5, 5.41) is 1.69. The number of nitrogens with zero attached hydrogens (tertiary/aromatic N) is 6. The van der Waals surface area contributed by atoms with E-state index in [1.807, 2.05) is 29.2 Å². The number of thioether (sulfide) groups is 1. The monoisotopic (exact) mass is 556 g/mol. The maximum absolute atomic E-state index is 12.9. The van der Waals surface area contributed by atoms with E-state index in [2.05, 4.69) is 50.0 Å². The van der Waals surface area contributed by atoms with E-state index in [0.717, 1.165) is 75.4 Å². The largest absolute Gasteiger partial charge is 0.367 e. The minimum Gasteiger partial charge on any atom is -0.367 e. The maximum Gasteiger partial charge on any atom is 0.233 e. The number of para-hydroxylation sites is 1. The van der Waals surface area contributed by atoms with E-state index in [0.29, 0.717) is 16.1 Å². The molecular weight excluding hydrogens is 527 g/mol. The summed E-state index contributed by atoms with van der Waals surface area (Å²) in [5.74, 6) is 1.21. The predicted molar refractivity (Wildman–Crippen MR) is 152 cm³/mol. The number of carbonyl (C=O) groups excluding carboxylic acids is 1. The molecule has 3 aromatic rings. The van der Waals surface area contributed by atoms with Crippen molar-refractivity contribution in [2.75, 3.05) is 67.9 Å². The van der Waals surface area contributed by atoms with E-state index in [9.17, 15) is 4.79 Å². The Balaban J connectivity index is 1.11. The van der Waals surface area contributed by atoms with Gasteiger partial charge in [-0.15, -0.1) is 0 Å². The van der Waals surface area contributed by atoms with Crippen molar-refractivity contribution in [2.24, 2.45) is 0 Å². The third-order valence-electron chi connectivity index (χ3n) is 6.76. The van der Waals surface area contributed by atoms with E-state index < -0.39 is 0 Å². The SMILES string of the molecule is O=C(CSc1nc(Cl)cc(N2CCN(c3ccccc3Cl)CC2)n1)N1CCN(Cc2ccccc2)CC1. The van der Waals surface area contributed by atoms with E-state index in [-0.39, 0.29) is 5.91 Å². The van der Waals surface area contributed by atoms with Gasteiger partial charge >= 0.3 is 0 Å². The first-order chi connectivity index (χ1) is 18.0. The molecule has 0 unspecified atom stereocenters. The van der Waals surface area contributed by atoms with Crippen LogP contribution >= 0.6 is 35.0 Å². The number of amides is 1. The van der Waals surface area contributed by atoms with Gasteiger partial charge in [0.05, 0.1) is 16.5 Å². The number of halogens is 2. The van der Waals surface area contributed by atoms with E-state index >= 15 is 0 Å². The molecule has 2 aromatic carbocycles. The lowest BCUT2D eigenvalue weighted by molar-refractivity contribution is -0.130. The van der Waals surface area contributed by atoms with Crippen LogP contribution < -0.4 is 9.80 Å². The molecule has 0 spiro atoms. The summed E-state index contributed by atoms with van der Waals surface area (Å²) in [5.41, 5.74) is 2.36. The molecule has 7 nitrogen and oxygen atoms in total.